The predicted molar refractivity (Wildman–Crippen MR) is 227 cm³/mol. The van der Waals surface area contributed by atoms with Crippen molar-refractivity contribution >= 4 is 53.1 Å². The molecule has 0 bridgehead atoms. The zero-order valence-corrected chi connectivity index (χ0v) is 30.7. The van der Waals surface area contributed by atoms with E-state index in [0.717, 1.165) is 27.8 Å². The van der Waals surface area contributed by atoms with Crippen molar-refractivity contribution in [3.05, 3.63) is 175 Å². The van der Waals surface area contributed by atoms with Crippen molar-refractivity contribution in [3.8, 4) is 56.4 Å². The molecule has 0 N–H and O–H groups in total. The van der Waals surface area contributed by atoms with Crippen LogP contribution in [0.25, 0.3) is 98.1 Å². The Morgan fingerprint density at radius 3 is 1.83 bits per heavy atom. The van der Waals surface area contributed by atoms with Crippen LogP contribution in [0.5, 0.6) is 0 Å². The van der Waals surface area contributed by atoms with Gasteiger partial charge in [0.05, 0.1) is 0 Å². The van der Waals surface area contributed by atoms with Crippen LogP contribution in [-0.2, 0) is 5.41 Å². The zero-order chi connectivity index (χ0) is 36.0. The van der Waals surface area contributed by atoms with Crippen molar-refractivity contribution in [1.82, 2.24) is 15.0 Å². The van der Waals surface area contributed by atoms with Crippen LogP contribution in [0.4, 0.5) is 0 Å². The van der Waals surface area contributed by atoms with Crippen LogP contribution in [0.2, 0.25) is 0 Å². The molecular weight excluding hydrogens is 675 g/mol. The number of benzene rings is 8. The van der Waals surface area contributed by atoms with Gasteiger partial charge in [-0.05, 0) is 56.1 Å². The lowest BCUT2D eigenvalue weighted by Gasteiger charge is -2.21. The fraction of sp³-hybridized carbons (Fsp3) is 0.0600. The van der Waals surface area contributed by atoms with Crippen molar-refractivity contribution in [2.24, 2.45) is 0 Å². The van der Waals surface area contributed by atoms with Crippen LogP contribution >= 0.6 is 11.3 Å². The monoisotopic (exact) mass is 707 g/mol. The van der Waals surface area contributed by atoms with Crippen LogP contribution < -0.4 is 0 Å². The van der Waals surface area contributed by atoms with E-state index in [1.165, 1.54) is 64.0 Å². The lowest BCUT2D eigenvalue weighted by atomic mass is 9.82. The maximum atomic E-state index is 5.34. The minimum Gasteiger partial charge on any atom is -0.208 e. The van der Waals surface area contributed by atoms with Gasteiger partial charge in [-0.1, -0.05) is 166 Å². The van der Waals surface area contributed by atoms with Crippen molar-refractivity contribution in [1.29, 1.82) is 0 Å². The number of fused-ring (bicyclic) bond motifs is 10. The minimum atomic E-state index is -0.137. The van der Waals surface area contributed by atoms with Crippen LogP contribution in [0.1, 0.15) is 25.0 Å². The Hall–Kier alpha value is -6.49. The summed E-state index contributed by atoms with van der Waals surface area (Å²) in [4.78, 5) is 15.8. The van der Waals surface area contributed by atoms with E-state index in [4.69, 9.17) is 15.0 Å². The topological polar surface area (TPSA) is 38.7 Å². The standard InChI is InChI=1S/C50H33N3S/c1-50(2)41-20-12-11-19-36(41)37-25-24-34(29-42(37)50)48-51-47(33-16-7-4-8-17-33)52-49(53-48)40-28-27-39-38-26-23-32-22-21-30-13-9-10-18-35(30)43(32)45(38)54-46(39)44(40)31-14-5-3-6-15-31/h3-29H,1-2H3. The molecule has 0 fully saturated rings. The highest BCUT2D eigenvalue weighted by molar-refractivity contribution is 7.27. The van der Waals surface area contributed by atoms with Gasteiger partial charge in [-0.25, -0.2) is 15.0 Å². The maximum Gasteiger partial charge on any atom is 0.164 e. The van der Waals surface area contributed by atoms with Gasteiger partial charge in [0.1, 0.15) is 0 Å². The summed E-state index contributed by atoms with van der Waals surface area (Å²) in [6, 6.07) is 58.7. The molecule has 0 unspecified atom stereocenters. The fourth-order valence-electron chi connectivity index (χ4n) is 8.65. The summed E-state index contributed by atoms with van der Waals surface area (Å²) in [5, 5.41) is 7.61. The minimum absolute atomic E-state index is 0.137. The van der Waals surface area contributed by atoms with Crippen LogP contribution in [0.3, 0.4) is 0 Å². The van der Waals surface area contributed by atoms with Gasteiger partial charge in [0, 0.05) is 53.2 Å². The van der Waals surface area contributed by atoms with E-state index >= 15 is 0 Å². The van der Waals surface area contributed by atoms with E-state index in [9.17, 15) is 0 Å². The summed E-state index contributed by atoms with van der Waals surface area (Å²) in [7, 11) is 0. The SMILES string of the molecule is CC1(C)c2ccccc2-c2ccc(-c3nc(-c4ccccc4)nc(-c4ccc5c(sc6c5ccc5ccc7ccccc7c56)c4-c4ccccc4)n3)cc21. The first-order chi connectivity index (χ1) is 26.5. The highest BCUT2D eigenvalue weighted by Gasteiger charge is 2.35. The summed E-state index contributed by atoms with van der Waals surface area (Å²) in [5.74, 6) is 1.99. The number of thiophene rings is 1. The summed E-state index contributed by atoms with van der Waals surface area (Å²) in [6.45, 7) is 4.63. The third-order valence-corrected chi connectivity index (χ3v) is 12.6. The average Bonchev–Trinajstić information content (AvgIpc) is 3.72. The molecule has 0 aliphatic heterocycles. The van der Waals surface area contributed by atoms with E-state index in [-0.39, 0.29) is 5.41 Å². The van der Waals surface area contributed by atoms with Gasteiger partial charge in [-0.3, -0.25) is 0 Å². The number of hydrogen-bond donors (Lipinski definition) is 0. The van der Waals surface area contributed by atoms with Crippen molar-refractivity contribution in [3.63, 3.8) is 0 Å². The normalized spacial score (nSPS) is 13.1. The summed E-state index contributed by atoms with van der Waals surface area (Å²) in [6.07, 6.45) is 0. The van der Waals surface area contributed by atoms with Gasteiger partial charge in [-0.2, -0.15) is 0 Å². The van der Waals surface area contributed by atoms with Gasteiger partial charge in [-0.15, -0.1) is 11.3 Å². The van der Waals surface area contributed by atoms with E-state index in [2.05, 4.69) is 159 Å². The molecule has 3 nitrogen and oxygen atoms in total. The highest BCUT2D eigenvalue weighted by atomic mass is 32.1. The largest absolute Gasteiger partial charge is 0.208 e. The maximum absolute atomic E-state index is 5.34. The molecule has 10 aromatic rings. The Bertz CT molecular complexity index is 3120. The lowest BCUT2D eigenvalue weighted by molar-refractivity contribution is 0.660. The molecule has 54 heavy (non-hydrogen) atoms. The zero-order valence-electron chi connectivity index (χ0n) is 29.8. The molecule has 2 aromatic heterocycles. The summed E-state index contributed by atoms with van der Waals surface area (Å²) >= 11 is 1.87. The molecule has 0 amide bonds. The summed E-state index contributed by atoms with van der Waals surface area (Å²) < 4.78 is 2.53. The third kappa shape index (κ3) is 4.63. The van der Waals surface area contributed by atoms with Crippen LogP contribution in [0, 0.1) is 0 Å². The van der Waals surface area contributed by atoms with E-state index in [0.29, 0.717) is 17.5 Å². The molecule has 1 aliphatic carbocycles. The van der Waals surface area contributed by atoms with Crippen LogP contribution in [-0.4, -0.2) is 15.0 Å². The number of aromatic nitrogens is 3. The molecule has 8 aromatic carbocycles. The Morgan fingerprint density at radius 2 is 1.00 bits per heavy atom. The predicted octanol–water partition coefficient (Wildman–Crippen LogP) is 13.5. The summed E-state index contributed by atoms with van der Waals surface area (Å²) in [5.41, 5.74) is 10.3. The first-order valence-corrected chi connectivity index (χ1v) is 19.3. The van der Waals surface area contributed by atoms with E-state index in [1.807, 2.05) is 29.5 Å². The molecule has 254 valence electrons. The Kier molecular flexibility index (Phi) is 6.77. The number of nitrogens with zero attached hydrogens (tertiary/aromatic N) is 3. The Labute approximate surface area is 317 Å². The van der Waals surface area contributed by atoms with Crippen LogP contribution in [0.15, 0.2) is 164 Å². The molecule has 2 heterocycles. The quantitative estimate of drug-likeness (QED) is 0.171. The average molecular weight is 708 g/mol. The van der Waals surface area contributed by atoms with E-state index < -0.39 is 0 Å². The second-order valence-corrected chi connectivity index (χ2v) is 15.8. The molecule has 0 spiro atoms. The Balaban J connectivity index is 1.18. The fourth-order valence-corrected chi connectivity index (χ4v) is 10.1. The smallest absolute Gasteiger partial charge is 0.164 e. The second kappa shape index (κ2) is 11.8. The van der Waals surface area contributed by atoms with Gasteiger partial charge in [0.2, 0.25) is 0 Å². The van der Waals surface area contributed by atoms with E-state index in [1.54, 1.807) is 0 Å². The first-order valence-electron chi connectivity index (χ1n) is 18.4. The second-order valence-electron chi connectivity index (χ2n) is 14.8. The molecular formula is C50H33N3S. The molecule has 4 heteroatoms. The lowest BCUT2D eigenvalue weighted by Crippen LogP contribution is -2.15. The first kappa shape index (κ1) is 31.1. The van der Waals surface area contributed by atoms with Gasteiger partial charge < -0.3 is 0 Å². The third-order valence-electron chi connectivity index (χ3n) is 11.3. The van der Waals surface area contributed by atoms with Crippen molar-refractivity contribution in [2.45, 2.75) is 19.3 Å². The van der Waals surface area contributed by atoms with Gasteiger partial charge in [0.15, 0.2) is 17.5 Å². The molecule has 0 atom stereocenters. The van der Waals surface area contributed by atoms with Crippen molar-refractivity contribution in [2.75, 3.05) is 0 Å². The molecule has 0 saturated carbocycles. The molecule has 1 aliphatic rings. The Morgan fingerprint density at radius 1 is 0.407 bits per heavy atom. The molecule has 0 saturated heterocycles. The highest BCUT2D eigenvalue weighted by Crippen LogP contribution is 2.50. The number of hydrogen-bond acceptors (Lipinski definition) is 4. The molecule has 0 radical (unpaired) electrons. The van der Waals surface area contributed by atoms with Gasteiger partial charge >= 0.3 is 0 Å². The number of rotatable bonds is 4. The molecule has 11 rings (SSSR count). The van der Waals surface area contributed by atoms with Gasteiger partial charge in [0.25, 0.3) is 0 Å². The van der Waals surface area contributed by atoms with Crippen molar-refractivity contribution < 1.29 is 0 Å².